The summed E-state index contributed by atoms with van der Waals surface area (Å²) in [6.45, 7) is 5.06. The number of alkyl halides is 2. The van der Waals surface area contributed by atoms with E-state index < -0.39 is 5.76 Å². The van der Waals surface area contributed by atoms with E-state index in [9.17, 15) is 8.78 Å². The molecule has 1 aromatic rings. The minimum absolute atomic E-state index is 0.596. The second kappa shape index (κ2) is 6.33. The number of benzene rings is 1. The van der Waals surface area contributed by atoms with Gasteiger partial charge < -0.3 is 5.32 Å². The maximum absolute atomic E-state index is 12.1. The van der Waals surface area contributed by atoms with Crippen molar-refractivity contribution in [1.29, 1.82) is 0 Å². The molecule has 17 heavy (non-hydrogen) atoms. The molecular formula is C12H16F2N2S. The van der Waals surface area contributed by atoms with Crippen molar-refractivity contribution in [2.45, 2.75) is 17.2 Å². The topological polar surface area (TPSA) is 15.3 Å². The fraction of sp³-hybridized carbons (Fsp3) is 0.500. The largest absolute Gasteiger partial charge is 0.314 e. The quantitative estimate of drug-likeness (QED) is 0.835. The van der Waals surface area contributed by atoms with E-state index in [2.05, 4.69) is 10.2 Å². The minimum Gasteiger partial charge on any atom is -0.314 e. The van der Waals surface area contributed by atoms with Gasteiger partial charge in [0.25, 0.3) is 5.76 Å². The highest BCUT2D eigenvalue weighted by Gasteiger charge is 2.10. The molecule has 1 N–H and O–H groups in total. The summed E-state index contributed by atoms with van der Waals surface area (Å²) in [7, 11) is 0. The van der Waals surface area contributed by atoms with Crippen molar-refractivity contribution in [3.05, 3.63) is 29.8 Å². The van der Waals surface area contributed by atoms with Gasteiger partial charge in [-0.3, -0.25) is 4.90 Å². The van der Waals surface area contributed by atoms with Gasteiger partial charge in [-0.25, -0.2) is 0 Å². The van der Waals surface area contributed by atoms with Gasteiger partial charge in [0.2, 0.25) is 0 Å². The summed E-state index contributed by atoms with van der Waals surface area (Å²) >= 11 is 0.596. The van der Waals surface area contributed by atoms with Crippen LogP contribution in [-0.4, -0.2) is 36.8 Å². The average molecular weight is 258 g/mol. The van der Waals surface area contributed by atoms with Gasteiger partial charge in [0.05, 0.1) is 0 Å². The Kier molecular flexibility index (Phi) is 4.76. The van der Waals surface area contributed by atoms with Crippen molar-refractivity contribution in [1.82, 2.24) is 10.2 Å². The van der Waals surface area contributed by atoms with Crippen LogP contribution >= 0.6 is 11.8 Å². The van der Waals surface area contributed by atoms with Crippen LogP contribution in [0, 0.1) is 0 Å². The Morgan fingerprint density at radius 2 is 1.82 bits per heavy atom. The minimum atomic E-state index is -2.34. The van der Waals surface area contributed by atoms with Crippen LogP contribution < -0.4 is 5.32 Å². The standard InChI is InChI=1S/C12H16F2N2S/c13-12(14)17-11-3-1-10(2-4-11)9-16-7-5-15-6-8-16/h1-4,12,15H,5-9H2. The fourth-order valence-electron chi connectivity index (χ4n) is 1.90. The molecule has 94 valence electrons. The normalized spacial score (nSPS) is 17.6. The summed E-state index contributed by atoms with van der Waals surface area (Å²) in [6, 6.07) is 7.42. The van der Waals surface area contributed by atoms with E-state index in [0.717, 1.165) is 32.7 Å². The van der Waals surface area contributed by atoms with Crippen LogP contribution in [0.2, 0.25) is 0 Å². The Bertz CT molecular complexity index is 337. The van der Waals surface area contributed by atoms with Crippen molar-refractivity contribution in [3.8, 4) is 0 Å². The highest BCUT2D eigenvalue weighted by atomic mass is 32.2. The van der Waals surface area contributed by atoms with E-state index in [1.165, 1.54) is 5.56 Å². The second-order valence-electron chi connectivity index (χ2n) is 4.05. The third-order valence-corrected chi connectivity index (χ3v) is 3.49. The third-order valence-electron chi connectivity index (χ3n) is 2.76. The SMILES string of the molecule is FC(F)Sc1ccc(CN2CCNCC2)cc1. The predicted molar refractivity (Wildman–Crippen MR) is 66.4 cm³/mol. The summed E-state index contributed by atoms with van der Waals surface area (Å²) in [4.78, 5) is 3.00. The summed E-state index contributed by atoms with van der Waals surface area (Å²) < 4.78 is 24.3. The van der Waals surface area contributed by atoms with E-state index in [-0.39, 0.29) is 0 Å². The first kappa shape index (κ1) is 12.8. The first-order valence-corrected chi connectivity index (χ1v) is 6.59. The molecule has 1 aromatic carbocycles. The predicted octanol–water partition coefficient (Wildman–Crippen LogP) is 2.41. The Morgan fingerprint density at radius 3 is 2.41 bits per heavy atom. The zero-order valence-electron chi connectivity index (χ0n) is 9.53. The van der Waals surface area contributed by atoms with Gasteiger partial charge in [-0.05, 0) is 17.7 Å². The van der Waals surface area contributed by atoms with Crippen LogP contribution in [0.4, 0.5) is 8.78 Å². The average Bonchev–Trinajstić information content (AvgIpc) is 2.32. The first-order valence-electron chi connectivity index (χ1n) is 5.71. The lowest BCUT2D eigenvalue weighted by Gasteiger charge is -2.27. The number of nitrogens with one attached hydrogen (secondary N) is 1. The molecule has 1 heterocycles. The van der Waals surface area contributed by atoms with E-state index in [0.29, 0.717) is 16.7 Å². The molecular weight excluding hydrogens is 242 g/mol. The molecule has 0 atom stereocenters. The van der Waals surface area contributed by atoms with Crippen molar-refractivity contribution in [3.63, 3.8) is 0 Å². The smallest absolute Gasteiger partial charge is 0.288 e. The van der Waals surface area contributed by atoms with Gasteiger partial charge in [0.15, 0.2) is 0 Å². The molecule has 0 radical (unpaired) electrons. The number of thioether (sulfide) groups is 1. The van der Waals surface area contributed by atoms with Gasteiger partial charge in [-0.15, -0.1) is 0 Å². The maximum Gasteiger partial charge on any atom is 0.288 e. The number of nitrogens with zero attached hydrogens (tertiary/aromatic N) is 1. The van der Waals surface area contributed by atoms with Crippen LogP contribution in [0.25, 0.3) is 0 Å². The molecule has 2 rings (SSSR count). The molecule has 1 fully saturated rings. The van der Waals surface area contributed by atoms with E-state index in [4.69, 9.17) is 0 Å². The molecule has 5 heteroatoms. The van der Waals surface area contributed by atoms with Crippen molar-refractivity contribution in [2.24, 2.45) is 0 Å². The molecule has 0 spiro atoms. The fourth-order valence-corrected chi connectivity index (χ4v) is 2.40. The van der Waals surface area contributed by atoms with Crippen LogP contribution in [0.5, 0.6) is 0 Å². The highest BCUT2D eigenvalue weighted by molar-refractivity contribution is 7.99. The Labute approximate surface area is 104 Å². The summed E-state index contributed by atoms with van der Waals surface area (Å²) in [5.74, 6) is -2.34. The Hall–Kier alpha value is -0.650. The van der Waals surface area contributed by atoms with Crippen LogP contribution in [0.3, 0.4) is 0 Å². The van der Waals surface area contributed by atoms with Crippen LogP contribution in [-0.2, 0) is 6.54 Å². The molecule has 0 aliphatic carbocycles. The van der Waals surface area contributed by atoms with Gasteiger partial charge in [0, 0.05) is 37.6 Å². The number of halogens is 2. The third kappa shape index (κ3) is 4.26. The van der Waals surface area contributed by atoms with E-state index in [1.54, 1.807) is 12.1 Å². The zero-order valence-corrected chi connectivity index (χ0v) is 10.4. The molecule has 0 unspecified atom stereocenters. The number of hydrogen-bond acceptors (Lipinski definition) is 3. The molecule has 0 aromatic heterocycles. The second-order valence-corrected chi connectivity index (χ2v) is 5.11. The van der Waals surface area contributed by atoms with Crippen molar-refractivity contribution >= 4 is 11.8 Å². The van der Waals surface area contributed by atoms with Crippen molar-refractivity contribution in [2.75, 3.05) is 26.2 Å². The Morgan fingerprint density at radius 1 is 1.18 bits per heavy atom. The highest BCUT2D eigenvalue weighted by Crippen LogP contribution is 2.25. The number of rotatable bonds is 4. The number of piperazine rings is 1. The monoisotopic (exact) mass is 258 g/mol. The summed E-state index contributed by atoms with van der Waals surface area (Å²) in [6.07, 6.45) is 0. The van der Waals surface area contributed by atoms with Gasteiger partial charge in [-0.2, -0.15) is 8.78 Å². The Balaban J connectivity index is 1.88. The summed E-state index contributed by atoms with van der Waals surface area (Å²) in [5, 5.41) is 3.30. The zero-order chi connectivity index (χ0) is 12.1. The first-order chi connectivity index (χ1) is 8.24. The number of hydrogen-bond donors (Lipinski definition) is 1. The molecule has 1 aliphatic heterocycles. The molecule has 1 aliphatic rings. The lowest BCUT2D eigenvalue weighted by molar-refractivity contribution is 0.233. The lowest BCUT2D eigenvalue weighted by Crippen LogP contribution is -2.42. The van der Waals surface area contributed by atoms with Gasteiger partial charge >= 0.3 is 0 Å². The lowest BCUT2D eigenvalue weighted by atomic mass is 10.2. The maximum atomic E-state index is 12.1. The van der Waals surface area contributed by atoms with E-state index >= 15 is 0 Å². The molecule has 0 amide bonds. The van der Waals surface area contributed by atoms with Gasteiger partial charge in [-0.1, -0.05) is 23.9 Å². The van der Waals surface area contributed by atoms with Crippen LogP contribution in [0.15, 0.2) is 29.2 Å². The molecule has 2 nitrogen and oxygen atoms in total. The summed E-state index contributed by atoms with van der Waals surface area (Å²) in [5.41, 5.74) is 1.19. The molecule has 1 saturated heterocycles. The van der Waals surface area contributed by atoms with Gasteiger partial charge in [0.1, 0.15) is 0 Å². The molecule has 0 bridgehead atoms. The molecule has 0 saturated carbocycles. The van der Waals surface area contributed by atoms with Crippen LogP contribution in [0.1, 0.15) is 5.56 Å². The van der Waals surface area contributed by atoms with Crippen molar-refractivity contribution < 1.29 is 8.78 Å². The van der Waals surface area contributed by atoms with E-state index in [1.807, 2.05) is 12.1 Å².